The maximum Gasteiger partial charge on any atom is 0.356 e. The summed E-state index contributed by atoms with van der Waals surface area (Å²) in [5, 5.41) is 0. The van der Waals surface area contributed by atoms with Crippen molar-refractivity contribution in [3.05, 3.63) is 29.6 Å². The van der Waals surface area contributed by atoms with Gasteiger partial charge in [0, 0.05) is 25.8 Å². The van der Waals surface area contributed by atoms with Crippen LogP contribution >= 0.6 is 0 Å². The fraction of sp³-hybridized carbons (Fsp3) is 0.571. The predicted octanol–water partition coefficient (Wildman–Crippen LogP) is 2.20. The Hall–Kier alpha value is -1.46. The highest BCUT2D eigenvalue weighted by molar-refractivity contribution is 5.87. The Morgan fingerprint density at radius 2 is 2.00 bits per heavy atom. The van der Waals surface area contributed by atoms with E-state index in [-0.39, 0.29) is 6.29 Å². The fourth-order valence-electron chi connectivity index (χ4n) is 1.72. The molecule has 0 unspecified atom stereocenters. The van der Waals surface area contributed by atoms with Crippen LogP contribution in [0.15, 0.2) is 18.3 Å². The second-order valence-electron chi connectivity index (χ2n) is 3.92. The van der Waals surface area contributed by atoms with Crippen molar-refractivity contribution in [3.8, 4) is 0 Å². The van der Waals surface area contributed by atoms with Gasteiger partial charge in [-0.2, -0.15) is 0 Å². The number of aryl methyl sites for hydroxylation is 1. The van der Waals surface area contributed by atoms with Gasteiger partial charge in [-0.15, -0.1) is 0 Å². The first-order chi connectivity index (χ1) is 9.21. The maximum atomic E-state index is 11.4. The minimum absolute atomic E-state index is 0.204. The molecule has 5 nitrogen and oxygen atoms in total. The molecule has 1 aromatic heterocycles. The lowest BCUT2D eigenvalue weighted by molar-refractivity contribution is -0.139. The fourth-order valence-corrected chi connectivity index (χ4v) is 1.72. The quantitative estimate of drug-likeness (QED) is 0.534. The van der Waals surface area contributed by atoms with Gasteiger partial charge in [0.15, 0.2) is 6.29 Å². The number of pyridine rings is 1. The average Bonchev–Trinajstić information content (AvgIpc) is 2.44. The third-order valence-electron chi connectivity index (χ3n) is 2.59. The van der Waals surface area contributed by atoms with Crippen molar-refractivity contribution >= 4 is 5.97 Å². The van der Waals surface area contributed by atoms with Crippen LogP contribution in [0.4, 0.5) is 0 Å². The molecule has 0 saturated carbocycles. The van der Waals surface area contributed by atoms with Crippen molar-refractivity contribution in [1.82, 2.24) is 4.98 Å². The summed E-state index contributed by atoms with van der Waals surface area (Å²) < 4.78 is 15.6. The van der Waals surface area contributed by atoms with Gasteiger partial charge in [-0.1, -0.05) is 0 Å². The van der Waals surface area contributed by atoms with Gasteiger partial charge in [0.25, 0.3) is 0 Å². The molecule has 0 aliphatic carbocycles. The maximum absolute atomic E-state index is 11.4. The second-order valence-corrected chi connectivity index (χ2v) is 3.92. The number of methoxy groups -OCH3 is 1. The van der Waals surface area contributed by atoms with Crippen LogP contribution in [0.1, 0.15) is 36.3 Å². The summed E-state index contributed by atoms with van der Waals surface area (Å²) in [6.45, 7) is 5.12. The topological polar surface area (TPSA) is 57.7 Å². The molecule has 19 heavy (non-hydrogen) atoms. The lowest BCUT2D eigenvalue weighted by Crippen LogP contribution is -2.18. The number of hydrogen-bond donors (Lipinski definition) is 0. The van der Waals surface area contributed by atoms with Gasteiger partial charge >= 0.3 is 5.97 Å². The Labute approximate surface area is 113 Å². The molecule has 0 aromatic carbocycles. The number of ether oxygens (including phenoxy) is 3. The van der Waals surface area contributed by atoms with Crippen LogP contribution in [0.25, 0.3) is 0 Å². The van der Waals surface area contributed by atoms with Gasteiger partial charge in [0.1, 0.15) is 5.69 Å². The van der Waals surface area contributed by atoms with Gasteiger partial charge < -0.3 is 14.2 Å². The Morgan fingerprint density at radius 3 is 2.58 bits per heavy atom. The molecule has 0 aliphatic heterocycles. The Bertz CT molecular complexity index is 389. The molecule has 0 atom stereocenters. The largest absolute Gasteiger partial charge is 0.464 e. The molecule has 106 valence electrons. The standard InChI is InChI=1S/C14H21NO4/c1-4-18-13(19-5-2)7-6-11-8-9-15-12(10-11)14(16)17-3/h8-10,13H,4-7H2,1-3H3. The molecule has 0 saturated heterocycles. The van der Waals surface area contributed by atoms with Crippen LogP contribution in [-0.2, 0) is 20.6 Å². The predicted molar refractivity (Wildman–Crippen MR) is 70.9 cm³/mol. The highest BCUT2D eigenvalue weighted by Gasteiger charge is 2.10. The number of carbonyl (C=O) groups excluding carboxylic acids is 1. The first-order valence-corrected chi connectivity index (χ1v) is 6.47. The summed E-state index contributed by atoms with van der Waals surface area (Å²) in [7, 11) is 1.34. The van der Waals surface area contributed by atoms with E-state index in [0.717, 1.165) is 18.4 Å². The molecular formula is C14H21NO4. The van der Waals surface area contributed by atoms with Gasteiger partial charge in [-0.25, -0.2) is 9.78 Å². The lowest BCUT2D eigenvalue weighted by Gasteiger charge is -2.16. The molecule has 0 amide bonds. The third-order valence-corrected chi connectivity index (χ3v) is 2.59. The van der Waals surface area contributed by atoms with Crippen LogP contribution in [0.5, 0.6) is 0 Å². The van der Waals surface area contributed by atoms with Crippen molar-refractivity contribution in [3.63, 3.8) is 0 Å². The average molecular weight is 267 g/mol. The van der Waals surface area contributed by atoms with Crippen LogP contribution in [0, 0.1) is 0 Å². The molecule has 0 radical (unpaired) electrons. The van der Waals surface area contributed by atoms with Crippen LogP contribution in [0.2, 0.25) is 0 Å². The van der Waals surface area contributed by atoms with Crippen molar-refractivity contribution < 1.29 is 19.0 Å². The number of aromatic nitrogens is 1. The van der Waals surface area contributed by atoms with Crippen molar-refractivity contribution in [2.75, 3.05) is 20.3 Å². The van der Waals surface area contributed by atoms with E-state index >= 15 is 0 Å². The summed E-state index contributed by atoms with van der Waals surface area (Å²) in [6, 6.07) is 3.61. The first kappa shape index (κ1) is 15.6. The Balaban J connectivity index is 2.58. The smallest absolute Gasteiger partial charge is 0.356 e. The van der Waals surface area contributed by atoms with Gasteiger partial charge in [0.2, 0.25) is 0 Å². The molecule has 1 aromatic rings. The molecule has 1 rings (SSSR count). The molecule has 1 heterocycles. The summed E-state index contributed by atoms with van der Waals surface area (Å²) >= 11 is 0. The zero-order valence-electron chi connectivity index (χ0n) is 11.7. The summed E-state index contributed by atoms with van der Waals surface area (Å²) in [6.07, 6.45) is 2.91. The van der Waals surface area contributed by atoms with Crippen molar-refractivity contribution in [2.45, 2.75) is 33.0 Å². The van der Waals surface area contributed by atoms with Gasteiger partial charge in [0.05, 0.1) is 7.11 Å². The molecule has 5 heteroatoms. The van der Waals surface area contributed by atoms with E-state index in [9.17, 15) is 4.79 Å². The van der Waals surface area contributed by atoms with Crippen molar-refractivity contribution in [1.29, 1.82) is 0 Å². The number of hydrogen-bond acceptors (Lipinski definition) is 5. The zero-order valence-corrected chi connectivity index (χ0v) is 11.7. The van der Waals surface area contributed by atoms with E-state index in [4.69, 9.17) is 9.47 Å². The molecule has 0 spiro atoms. The second kappa shape index (κ2) is 8.61. The third kappa shape index (κ3) is 5.36. The minimum Gasteiger partial charge on any atom is -0.464 e. The van der Waals surface area contributed by atoms with E-state index in [2.05, 4.69) is 9.72 Å². The van der Waals surface area contributed by atoms with Gasteiger partial charge in [-0.3, -0.25) is 0 Å². The molecule has 0 aliphatic rings. The van der Waals surface area contributed by atoms with E-state index in [1.807, 2.05) is 19.9 Å². The van der Waals surface area contributed by atoms with E-state index in [1.54, 1.807) is 12.3 Å². The summed E-state index contributed by atoms with van der Waals surface area (Å²) in [4.78, 5) is 15.3. The number of carbonyl (C=O) groups is 1. The highest BCUT2D eigenvalue weighted by Crippen LogP contribution is 2.10. The van der Waals surface area contributed by atoms with E-state index in [1.165, 1.54) is 7.11 Å². The molecule has 0 fully saturated rings. The molecule has 0 bridgehead atoms. The van der Waals surface area contributed by atoms with E-state index in [0.29, 0.717) is 18.9 Å². The Morgan fingerprint density at radius 1 is 1.32 bits per heavy atom. The van der Waals surface area contributed by atoms with E-state index < -0.39 is 5.97 Å². The van der Waals surface area contributed by atoms with Crippen LogP contribution in [0.3, 0.4) is 0 Å². The first-order valence-electron chi connectivity index (χ1n) is 6.47. The Kier molecular flexibility index (Phi) is 7.07. The number of esters is 1. The van der Waals surface area contributed by atoms with Crippen molar-refractivity contribution in [2.24, 2.45) is 0 Å². The molecular weight excluding hydrogens is 246 g/mol. The normalized spacial score (nSPS) is 10.7. The zero-order chi connectivity index (χ0) is 14.1. The van der Waals surface area contributed by atoms with Gasteiger partial charge in [-0.05, 0) is 38.0 Å². The highest BCUT2D eigenvalue weighted by atomic mass is 16.7. The summed E-state index contributed by atoms with van der Waals surface area (Å²) in [5.74, 6) is -0.423. The minimum atomic E-state index is -0.423. The lowest BCUT2D eigenvalue weighted by atomic mass is 10.1. The SMILES string of the molecule is CCOC(CCc1ccnc(C(=O)OC)c1)OCC. The van der Waals surface area contributed by atoms with Crippen LogP contribution in [-0.4, -0.2) is 37.6 Å². The summed E-state index contributed by atoms with van der Waals surface area (Å²) in [5.41, 5.74) is 1.34. The number of rotatable bonds is 8. The molecule has 0 N–H and O–H groups in total. The number of nitrogens with zero attached hydrogens (tertiary/aromatic N) is 1. The monoisotopic (exact) mass is 267 g/mol. The van der Waals surface area contributed by atoms with Crippen LogP contribution < -0.4 is 0 Å².